The third-order valence-corrected chi connectivity index (χ3v) is 5.92. The van der Waals surface area contributed by atoms with E-state index in [1.54, 1.807) is 0 Å². The zero-order valence-corrected chi connectivity index (χ0v) is 15.1. The van der Waals surface area contributed by atoms with E-state index in [-0.39, 0.29) is 18.9 Å². The molecule has 3 aromatic rings. The highest BCUT2D eigenvalue weighted by Crippen LogP contribution is 2.48. The van der Waals surface area contributed by atoms with Gasteiger partial charge in [0.1, 0.15) is 11.4 Å². The van der Waals surface area contributed by atoms with Crippen LogP contribution in [0, 0.1) is 5.82 Å². The second kappa shape index (κ2) is 6.63. The van der Waals surface area contributed by atoms with E-state index in [9.17, 15) is 4.39 Å². The zero-order valence-electron chi connectivity index (χ0n) is 15.1. The molecule has 0 aliphatic carbocycles. The summed E-state index contributed by atoms with van der Waals surface area (Å²) in [6.45, 7) is 0.994. The minimum absolute atomic E-state index is 0.168. The summed E-state index contributed by atoms with van der Waals surface area (Å²) in [5.41, 5.74) is 2.85. The molecule has 0 spiro atoms. The molecule has 5 rings (SSSR count). The molecule has 3 aromatic carbocycles. The van der Waals surface area contributed by atoms with Crippen LogP contribution in [-0.4, -0.2) is 24.4 Å². The second-order valence-corrected chi connectivity index (χ2v) is 7.39. The molecule has 134 valence electrons. The monoisotopic (exact) mass is 357 g/mol. The normalized spacial score (nSPS) is 21.4. The van der Waals surface area contributed by atoms with E-state index in [1.165, 1.54) is 23.3 Å². The topological polar surface area (TPSA) is 12.5 Å². The number of hydrogen-bond acceptors (Lipinski definition) is 2. The Morgan fingerprint density at radius 2 is 1.44 bits per heavy atom. The van der Waals surface area contributed by atoms with Gasteiger partial charge in [0.2, 0.25) is 0 Å². The van der Waals surface area contributed by atoms with Gasteiger partial charge in [0.15, 0.2) is 0 Å². The van der Waals surface area contributed by atoms with Crippen LogP contribution < -0.4 is 5.46 Å². The van der Waals surface area contributed by atoms with Gasteiger partial charge in [-0.3, -0.25) is 0 Å². The Hall–Kier alpha value is -2.43. The standard InChI is InChI=1S/C23H21BFNO/c25-21-15-13-20(14-16-21)24-26-17-7-12-22(26)23(27-24,18-8-3-1-4-9-18)19-10-5-2-6-11-19/h1-6,8-11,13-16,22H,7,12,17H2. The van der Waals surface area contributed by atoms with Crippen LogP contribution >= 0.6 is 0 Å². The predicted molar refractivity (Wildman–Crippen MR) is 106 cm³/mol. The molecule has 1 atom stereocenters. The maximum Gasteiger partial charge on any atom is 0.419 e. The van der Waals surface area contributed by atoms with Gasteiger partial charge in [-0.25, -0.2) is 4.39 Å². The van der Waals surface area contributed by atoms with Crippen molar-refractivity contribution in [3.05, 3.63) is 102 Å². The molecular formula is C23H21BFNO. The minimum Gasteiger partial charge on any atom is -0.402 e. The van der Waals surface area contributed by atoms with Crippen LogP contribution in [0.2, 0.25) is 0 Å². The average Bonchev–Trinajstić information content (AvgIpc) is 3.32. The molecule has 1 unspecified atom stereocenters. The lowest BCUT2D eigenvalue weighted by Gasteiger charge is -2.36. The lowest BCUT2D eigenvalue weighted by atomic mass is 9.72. The summed E-state index contributed by atoms with van der Waals surface area (Å²) in [6.07, 6.45) is 2.23. The fourth-order valence-corrected chi connectivity index (χ4v) is 4.77. The van der Waals surface area contributed by atoms with E-state index in [0.717, 1.165) is 24.8 Å². The highest BCUT2D eigenvalue weighted by Gasteiger charge is 2.58. The van der Waals surface area contributed by atoms with Gasteiger partial charge in [0, 0.05) is 6.04 Å². The third kappa shape index (κ3) is 2.63. The summed E-state index contributed by atoms with van der Waals surface area (Å²) < 4.78 is 20.4. The van der Waals surface area contributed by atoms with E-state index in [1.807, 2.05) is 24.3 Å². The van der Waals surface area contributed by atoms with Crippen LogP contribution in [0.3, 0.4) is 0 Å². The molecule has 2 aliphatic rings. The largest absolute Gasteiger partial charge is 0.419 e. The Bertz CT molecular complexity index is 877. The molecule has 2 fully saturated rings. The Morgan fingerprint density at radius 1 is 0.852 bits per heavy atom. The van der Waals surface area contributed by atoms with Crippen molar-refractivity contribution in [1.82, 2.24) is 4.81 Å². The first-order chi connectivity index (χ1) is 13.3. The van der Waals surface area contributed by atoms with E-state index in [2.05, 4.69) is 53.3 Å². The van der Waals surface area contributed by atoms with Gasteiger partial charge in [-0.05, 0) is 48.1 Å². The summed E-state index contributed by atoms with van der Waals surface area (Å²) in [5.74, 6) is -0.216. The summed E-state index contributed by atoms with van der Waals surface area (Å²) in [5, 5.41) is 0. The molecular weight excluding hydrogens is 336 g/mol. The second-order valence-electron chi connectivity index (χ2n) is 7.39. The molecule has 2 aliphatic heterocycles. The number of benzene rings is 3. The maximum atomic E-state index is 13.5. The quantitative estimate of drug-likeness (QED) is 0.658. The van der Waals surface area contributed by atoms with Crippen molar-refractivity contribution in [3.63, 3.8) is 0 Å². The Balaban J connectivity index is 1.68. The van der Waals surface area contributed by atoms with Gasteiger partial charge < -0.3 is 9.47 Å². The van der Waals surface area contributed by atoms with Gasteiger partial charge in [-0.15, -0.1) is 0 Å². The fraction of sp³-hybridized carbons (Fsp3) is 0.217. The first-order valence-electron chi connectivity index (χ1n) is 9.59. The van der Waals surface area contributed by atoms with Crippen LogP contribution in [0.25, 0.3) is 0 Å². The van der Waals surface area contributed by atoms with Crippen molar-refractivity contribution < 1.29 is 9.04 Å². The summed E-state index contributed by atoms with van der Waals surface area (Å²) in [7, 11) is -0.168. The van der Waals surface area contributed by atoms with Crippen LogP contribution in [0.1, 0.15) is 24.0 Å². The molecule has 0 aromatic heterocycles. The Morgan fingerprint density at radius 3 is 2.04 bits per heavy atom. The summed E-state index contributed by atoms with van der Waals surface area (Å²) in [4.78, 5) is 2.45. The van der Waals surface area contributed by atoms with Crippen molar-refractivity contribution in [3.8, 4) is 0 Å². The molecule has 2 heterocycles. The van der Waals surface area contributed by atoms with Crippen LogP contribution in [0.4, 0.5) is 4.39 Å². The van der Waals surface area contributed by atoms with E-state index in [0.29, 0.717) is 0 Å². The van der Waals surface area contributed by atoms with Gasteiger partial charge in [-0.2, -0.15) is 0 Å². The summed E-state index contributed by atoms with van der Waals surface area (Å²) in [6, 6.07) is 28.1. The van der Waals surface area contributed by atoms with Gasteiger partial charge in [0.25, 0.3) is 0 Å². The van der Waals surface area contributed by atoms with Crippen molar-refractivity contribution in [2.75, 3.05) is 6.54 Å². The molecule has 0 saturated carbocycles. The molecule has 4 heteroatoms. The van der Waals surface area contributed by atoms with Crippen molar-refractivity contribution in [2.45, 2.75) is 24.5 Å². The maximum absolute atomic E-state index is 13.5. The first kappa shape index (κ1) is 16.7. The molecule has 2 nitrogen and oxygen atoms in total. The zero-order chi connectivity index (χ0) is 18.3. The lowest BCUT2D eigenvalue weighted by molar-refractivity contribution is 0.106. The number of halogens is 1. The number of rotatable bonds is 3. The van der Waals surface area contributed by atoms with Crippen molar-refractivity contribution in [2.24, 2.45) is 0 Å². The lowest BCUT2D eigenvalue weighted by Crippen LogP contribution is -2.45. The molecule has 27 heavy (non-hydrogen) atoms. The van der Waals surface area contributed by atoms with Crippen molar-refractivity contribution >= 4 is 12.5 Å². The van der Waals surface area contributed by atoms with Crippen LogP contribution in [0.5, 0.6) is 0 Å². The number of nitrogens with zero attached hydrogens (tertiary/aromatic N) is 1. The average molecular weight is 357 g/mol. The smallest absolute Gasteiger partial charge is 0.402 e. The van der Waals surface area contributed by atoms with Crippen LogP contribution in [-0.2, 0) is 10.3 Å². The Labute approximate surface area is 159 Å². The van der Waals surface area contributed by atoms with Gasteiger partial charge in [-0.1, -0.05) is 72.8 Å². The molecule has 0 amide bonds. The minimum atomic E-state index is -0.516. The molecule has 0 bridgehead atoms. The highest BCUT2D eigenvalue weighted by molar-refractivity contribution is 6.65. The molecule has 0 radical (unpaired) electrons. The van der Waals surface area contributed by atoms with Crippen molar-refractivity contribution in [1.29, 1.82) is 0 Å². The van der Waals surface area contributed by atoms with E-state index < -0.39 is 5.60 Å². The SMILES string of the molecule is Fc1ccc(B2OC(c3ccccc3)(c3ccccc3)C3CCCN23)cc1. The third-order valence-electron chi connectivity index (χ3n) is 5.92. The molecule has 2 saturated heterocycles. The predicted octanol–water partition coefficient (Wildman–Crippen LogP) is 3.96. The fourth-order valence-electron chi connectivity index (χ4n) is 4.77. The molecule has 0 N–H and O–H groups in total. The summed E-state index contributed by atoms with van der Waals surface area (Å²) >= 11 is 0. The number of fused-ring (bicyclic) bond motifs is 1. The number of hydrogen-bond donors (Lipinski definition) is 0. The van der Waals surface area contributed by atoms with E-state index in [4.69, 9.17) is 4.65 Å². The van der Waals surface area contributed by atoms with E-state index >= 15 is 0 Å². The van der Waals surface area contributed by atoms with Gasteiger partial charge in [0.05, 0.1) is 0 Å². The Kier molecular flexibility index (Phi) is 4.11. The highest BCUT2D eigenvalue weighted by atomic mass is 19.1. The van der Waals surface area contributed by atoms with Crippen LogP contribution in [0.15, 0.2) is 84.9 Å². The van der Waals surface area contributed by atoms with Gasteiger partial charge >= 0.3 is 7.05 Å². The first-order valence-corrected chi connectivity index (χ1v) is 9.59.